The molecule has 3 aromatic carbocycles. The molecule has 0 radical (unpaired) electrons. The van der Waals surface area contributed by atoms with E-state index < -0.39 is 11.9 Å². The molecular formula is C27H25ClNNaO7. The molecule has 0 aromatic heterocycles. The van der Waals surface area contributed by atoms with E-state index in [1.165, 1.54) is 6.07 Å². The molecule has 3 aromatic rings. The molecular weight excluding hydrogens is 509 g/mol. The summed E-state index contributed by atoms with van der Waals surface area (Å²) in [6, 6.07) is 15.2. The number of carboxylic acid groups (broad SMARTS) is 1. The Kier molecular flexibility index (Phi) is 10.1. The minimum absolute atomic E-state index is 0. The van der Waals surface area contributed by atoms with Gasteiger partial charge in [0.05, 0.1) is 25.8 Å². The third-order valence-corrected chi connectivity index (χ3v) is 6.20. The van der Waals surface area contributed by atoms with Crippen LogP contribution in [0.2, 0.25) is 5.02 Å². The molecule has 0 aliphatic carbocycles. The van der Waals surface area contributed by atoms with Crippen LogP contribution in [0, 0.1) is 0 Å². The van der Waals surface area contributed by atoms with Crippen molar-refractivity contribution < 1.29 is 63.2 Å². The molecule has 10 heteroatoms. The largest absolute Gasteiger partial charge is 1.00 e. The van der Waals surface area contributed by atoms with Crippen LogP contribution in [-0.2, 0) is 11.2 Å². The number of rotatable bonds is 9. The van der Waals surface area contributed by atoms with Crippen molar-refractivity contribution in [3.05, 3.63) is 76.3 Å². The molecule has 1 atom stereocenters. The Bertz CT molecular complexity index is 1270. The van der Waals surface area contributed by atoms with Gasteiger partial charge in [-0.3, -0.25) is 4.79 Å². The van der Waals surface area contributed by atoms with Crippen LogP contribution in [0.1, 0.15) is 33.8 Å². The number of carbonyl (C=O) groups is 2. The molecule has 1 unspecified atom stereocenters. The fourth-order valence-corrected chi connectivity index (χ4v) is 4.21. The van der Waals surface area contributed by atoms with E-state index >= 15 is 0 Å². The number of methoxy groups -OCH3 is 2. The minimum Gasteiger partial charge on any atom is -0.549 e. The van der Waals surface area contributed by atoms with Crippen LogP contribution in [0.25, 0.3) is 0 Å². The second-order valence-corrected chi connectivity index (χ2v) is 8.55. The zero-order valence-electron chi connectivity index (χ0n) is 20.8. The third kappa shape index (κ3) is 6.90. The van der Waals surface area contributed by atoms with E-state index in [1.807, 2.05) is 18.2 Å². The van der Waals surface area contributed by atoms with E-state index in [9.17, 15) is 14.7 Å². The Morgan fingerprint density at radius 2 is 1.76 bits per heavy atom. The summed E-state index contributed by atoms with van der Waals surface area (Å²) in [4.78, 5) is 24.0. The van der Waals surface area contributed by atoms with Gasteiger partial charge in [-0.05, 0) is 66.9 Å². The molecule has 0 saturated carbocycles. The van der Waals surface area contributed by atoms with Crippen LogP contribution in [0.3, 0.4) is 0 Å². The predicted molar refractivity (Wildman–Crippen MR) is 131 cm³/mol. The molecule has 8 nitrogen and oxygen atoms in total. The van der Waals surface area contributed by atoms with Crippen LogP contribution in [0.4, 0.5) is 0 Å². The maximum absolute atomic E-state index is 12.6. The van der Waals surface area contributed by atoms with Crippen molar-refractivity contribution in [1.29, 1.82) is 0 Å². The van der Waals surface area contributed by atoms with E-state index in [0.29, 0.717) is 47.8 Å². The van der Waals surface area contributed by atoms with Crippen molar-refractivity contribution >= 4 is 23.5 Å². The van der Waals surface area contributed by atoms with E-state index in [4.69, 9.17) is 30.5 Å². The van der Waals surface area contributed by atoms with E-state index in [2.05, 4.69) is 5.32 Å². The SMILES string of the molecule is COc1ccc(OC)c(CCNC(=O)c2ccc(Oc3cc4c(cc3Cl)C(C(=O)[O-])CCO4)cc2)c1.[Na+]. The van der Waals surface area contributed by atoms with E-state index in [-0.39, 0.29) is 47.1 Å². The molecule has 0 spiro atoms. The van der Waals surface area contributed by atoms with Crippen molar-refractivity contribution in [2.45, 2.75) is 18.8 Å². The van der Waals surface area contributed by atoms with Crippen LogP contribution in [0.15, 0.2) is 54.6 Å². The zero-order valence-corrected chi connectivity index (χ0v) is 23.6. The van der Waals surface area contributed by atoms with Gasteiger partial charge in [-0.25, -0.2) is 0 Å². The normalized spacial score (nSPS) is 13.9. The van der Waals surface area contributed by atoms with Gasteiger partial charge in [0.15, 0.2) is 0 Å². The summed E-state index contributed by atoms with van der Waals surface area (Å²) < 4.78 is 22.1. The predicted octanol–water partition coefficient (Wildman–Crippen LogP) is 0.742. The first-order valence-electron chi connectivity index (χ1n) is 11.3. The Morgan fingerprint density at radius 3 is 2.43 bits per heavy atom. The van der Waals surface area contributed by atoms with Gasteiger partial charge < -0.3 is 34.2 Å². The number of carboxylic acids is 1. The summed E-state index contributed by atoms with van der Waals surface area (Å²) in [7, 11) is 3.20. The Hall–Kier alpha value is -2.91. The molecule has 1 N–H and O–H groups in total. The van der Waals surface area contributed by atoms with Gasteiger partial charge in [0.2, 0.25) is 0 Å². The van der Waals surface area contributed by atoms with E-state index in [0.717, 1.165) is 17.1 Å². The zero-order chi connectivity index (χ0) is 25.7. The fraction of sp³-hybridized carbons (Fsp3) is 0.259. The average Bonchev–Trinajstić information content (AvgIpc) is 2.89. The first-order chi connectivity index (χ1) is 17.4. The van der Waals surface area contributed by atoms with Crippen molar-refractivity contribution in [3.63, 3.8) is 0 Å². The molecule has 0 saturated heterocycles. The number of fused-ring (bicyclic) bond motifs is 1. The molecule has 0 fully saturated rings. The molecule has 1 amide bonds. The van der Waals surface area contributed by atoms with Gasteiger partial charge in [0, 0.05) is 35.6 Å². The van der Waals surface area contributed by atoms with Crippen molar-refractivity contribution in [3.8, 4) is 28.7 Å². The summed E-state index contributed by atoms with van der Waals surface area (Å²) in [6.07, 6.45) is 0.896. The number of amides is 1. The third-order valence-electron chi connectivity index (χ3n) is 5.90. The van der Waals surface area contributed by atoms with Crippen molar-refractivity contribution in [1.82, 2.24) is 5.32 Å². The summed E-state index contributed by atoms with van der Waals surface area (Å²) in [5.74, 6) is 0.463. The number of hydrogen-bond donors (Lipinski definition) is 1. The summed E-state index contributed by atoms with van der Waals surface area (Å²) >= 11 is 6.34. The monoisotopic (exact) mass is 533 g/mol. The standard InChI is InChI=1S/C27H26ClNO7.Na/c1-33-19-7-8-23(34-2)17(13-19)9-11-29-26(30)16-3-5-18(6-4-16)36-25-15-24-21(14-22(25)28)20(27(31)32)10-12-35-24;/h3-8,13-15,20H,9-12H2,1-2H3,(H,29,30)(H,31,32);/q;+1/p-1. The molecule has 1 heterocycles. The first-order valence-corrected chi connectivity index (χ1v) is 11.7. The molecule has 37 heavy (non-hydrogen) atoms. The minimum atomic E-state index is -1.17. The Morgan fingerprint density at radius 1 is 1.03 bits per heavy atom. The van der Waals surface area contributed by atoms with Crippen LogP contribution in [-0.4, -0.2) is 39.2 Å². The van der Waals surface area contributed by atoms with Gasteiger partial charge in [0.25, 0.3) is 5.91 Å². The number of carbonyl (C=O) groups excluding carboxylic acids is 2. The van der Waals surface area contributed by atoms with Gasteiger partial charge in [-0.1, -0.05) is 11.6 Å². The summed E-state index contributed by atoms with van der Waals surface area (Å²) in [6.45, 7) is 0.680. The topological polar surface area (TPSA) is 106 Å². The molecule has 4 rings (SSSR count). The smallest absolute Gasteiger partial charge is 0.549 e. The first kappa shape index (κ1) is 28.7. The number of hydrogen-bond acceptors (Lipinski definition) is 7. The fourth-order valence-electron chi connectivity index (χ4n) is 4.00. The van der Waals surface area contributed by atoms with Crippen molar-refractivity contribution in [2.75, 3.05) is 27.4 Å². The average molecular weight is 534 g/mol. The maximum Gasteiger partial charge on any atom is 1.00 e. The number of halogens is 1. The summed E-state index contributed by atoms with van der Waals surface area (Å²) in [5, 5.41) is 14.5. The quantitative estimate of drug-likeness (QED) is 0.404. The number of nitrogens with one attached hydrogen (secondary N) is 1. The Labute approximate surface area is 242 Å². The summed E-state index contributed by atoms with van der Waals surface area (Å²) in [5.41, 5.74) is 1.87. The molecule has 0 bridgehead atoms. The van der Waals surface area contributed by atoms with Gasteiger partial charge >= 0.3 is 29.6 Å². The van der Waals surface area contributed by atoms with E-state index in [1.54, 1.807) is 44.6 Å². The Balaban J connectivity index is 0.00000380. The van der Waals surface area contributed by atoms with Gasteiger partial charge in [-0.15, -0.1) is 0 Å². The number of aliphatic carboxylic acids is 1. The van der Waals surface area contributed by atoms with Crippen LogP contribution >= 0.6 is 11.6 Å². The van der Waals surface area contributed by atoms with Gasteiger partial charge in [-0.2, -0.15) is 0 Å². The van der Waals surface area contributed by atoms with Crippen LogP contribution in [0.5, 0.6) is 28.7 Å². The van der Waals surface area contributed by atoms with Crippen molar-refractivity contribution in [2.24, 2.45) is 0 Å². The van der Waals surface area contributed by atoms with Gasteiger partial charge in [0.1, 0.15) is 28.7 Å². The molecule has 188 valence electrons. The second-order valence-electron chi connectivity index (χ2n) is 8.14. The second kappa shape index (κ2) is 13.1. The maximum atomic E-state index is 12.6. The van der Waals surface area contributed by atoms with Crippen LogP contribution < -0.4 is 58.9 Å². The number of benzene rings is 3. The molecule has 1 aliphatic heterocycles. The molecule has 1 aliphatic rings. The number of ether oxygens (including phenoxy) is 4.